The fourth-order valence-electron chi connectivity index (χ4n) is 2.03. The van der Waals surface area contributed by atoms with Gasteiger partial charge in [0.1, 0.15) is 11.5 Å². The molecule has 26 heavy (non-hydrogen) atoms. The molecule has 0 radical (unpaired) electrons. The van der Waals surface area contributed by atoms with E-state index >= 15 is 0 Å². The predicted octanol–water partition coefficient (Wildman–Crippen LogP) is 3.08. The molecule has 2 N–H and O–H groups in total. The van der Waals surface area contributed by atoms with E-state index in [2.05, 4.69) is 15.8 Å². The quantitative estimate of drug-likeness (QED) is 0.568. The van der Waals surface area contributed by atoms with Gasteiger partial charge < -0.3 is 19.2 Å². The van der Waals surface area contributed by atoms with E-state index in [1.54, 1.807) is 25.1 Å². The summed E-state index contributed by atoms with van der Waals surface area (Å²) in [7, 11) is 2.93. The van der Waals surface area contributed by atoms with Crippen LogP contribution in [0.15, 0.2) is 40.0 Å². The van der Waals surface area contributed by atoms with E-state index in [9.17, 15) is 9.59 Å². The van der Waals surface area contributed by atoms with Crippen molar-refractivity contribution >= 4 is 34.8 Å². The van der Waals surface area contributed by atoms with E-state index in [0.717, 1.165) is 0 Å². The van der Waals surface area contributed by atoms with E-state index in [4.69, 9.17) is 25.5 Å². The number of amides is 2. The molecule has 138 valence electrons. The van der Waals surface area contributed by atoms with Crippen molar-refractivity contribution in [3.8, 4) is 11.5 Å². The van der Waals surface area contributed by atoms with Crippen LogP contribution in [0.5, 0.6) is 11.5 Å². The largest absolute Gasteiger partial charge is 0.495 e. The monoisotopic (exact) mass is 379 g/mol. The van der Waals surface area contributed by atoms with Crippen LogP contribution in [0.3, 0.4) is 0 Å². The highest BCUT2D eigenvalue weighted by Crippen LogP contribution is 2.35. The summed E-state index contributed by atoms with van der Waals surface area (Å²) in [6.45, 7) is 1.61. The Kier molecular flexibility index (Phi) is 6.62. The van der Waals surface area contributed by atoms with Crippen LogP contribution in [-0.2, 0) is 4.79 Å². The number of methoxy groups -OCH3 is 2. The molecular weight excluding hydrogens is 362 g/mol. The second-order valence-corrected chi connectivity index (χ2v) is 5.58. The van der Waals surface area contributed by atoms with E-state index in [1.165, 1.54) is 26.5 Å². The molecule has 0 spiro atoms. The predicted molar refractivity (Wildman–Crippen MR) is 97.1 cm³/mol. The summed E-state index contributed by atoms with van der Waals surface area (Å²) < 4.78 is 15.3. The Morgan fingerprint density at radius 1 is 1.23 bits per heavy atom. The van der Waals surface area contributed by atoms with Crippen molar-refractivity contribution in [2.24, 2.45) is 5.10 Å². The summed E-state index contributed by atoms with van der Waals surface area (Å²) in [6, 6.07) is 6.20. The molecule has 0 saturated carbocycles. The van der Waals surface area contributed by atoms with Gasteiger partial charge in [-0.1, -0.05) is 11.6 Å². The molecule has 0 atom stereocenters. The Morgan fingerprint density at radius 2 is 1.96 bits per heavy atom. The molecule has 0 saturated heterocycles. The zero-order valence-corrected chi connectivity index (χ0v) is 15.2. The normalized spacial score (nSPS) is 11.0. The molecule has 0 aliphatic heterocycles. The second kappa shape index (κ2) is 8.91. The molecule has 1 aromatic carbocycles. The van der Waals surface area contributed by atoms with Gasteiger partial charge in [0.15, 0.2) is 5.76 Å². The van der Waals surface area contributed by atoms with Crippen molar-refractivity contribution in [1.82, 2.24) is 5.43 Å². The Labute approximate surface area is 155 Å². The molecule has 2 rings (SSSR count). The summed E-state index contributed by atoms with van der Waals surface area (Å²) in [5, 5.41) is 6.93. The van der Waals surface area contributed by atoms with Crippen LogP contribution >= 0.6 is 11.6 Å². The van der Waals surface area contributed by atoms with Crippen LogP contribution in [0.25, 0.3) is 0 Å². The number of rotatable bonds is 7. The second-order valence-electron chi connectivity index (χ2n) is 5.18. The van der Waals surface area contributed by atoms with Crippen molar-refractivity contribution in [3.63, 3.8) is 0 Å². The number of anilines is 1. The highest BCUT2D eigenvalue weighted by atomic mass is 35.5. The van der Waals surface area contributed by atoms with E-state index < -0.39 is 5.91 Å². The minimum atomic E-state index is -0.501. The first-order valence-corrected chi connectivity index (χ1v) is 7.90. The molecule has 0 bridgehead atoms. The number of ether oxygens (including phenoxy) is 2. The van der Waals surface area contributed by atoms with Gasteiger partial charge in [0.05, 0.1) is 37.6 Å². The molecule has 0 unspecified atom stereocenters. The number of hydrazone groups is 1. The average Bonchev–Trinajstić information content (AvgIpc) is 3.15. The standard InChI is InChI=1S/C17H18ClN3O5/c1-10(20-21-17(23)13-5-4-6-26-13)7-16(22)19-12-9-14(24-2)11(18)8-15(12)25-3/h4-6,8-9H,7H2,1-3H3,(H,19,22)(H,21,23)/b20-10-. The molecule has 8 nitrogen and oxygen atoms in total. The number of hydrogen-bond donors (Lipinski definition) is 2. The lowest BCUT2D eigenvalue weighted by Gasteiger charge is -2.13. The van der Waals surface area contributed by atoms with Gasteiger partial charge in [-0.2, -0.15) is 5.10 Å². The number of carbonyl (C=O) groups excluding carboxylic acids is 2. The van der Waals surface area contributed by atoms with Gasteiger partial charge in [-0.3, -0.25) is 9.59 Å². The van der Waals surface area contributed by atoms with Gasteiger partial charge in [0, 0.05) is 17.8 Å². The average molecular weight is 380 g/mol. The minimum Gasteiger partial charge on any atom is -0.495 e. The number of hydrogen-bond acceptors (Lipinski definition) is 6. The van der Waals surface area contributed by atoms with Gasteiger partial charge in [-0.25, -0.2) is 5.43 Å². The summed E-state index contributed by atoms with van der Waals surface area (Å²) in [5.41, 5.74) is 3.13. The first-order chi connectivity index (χ1) is 12.4. The first-order valence-electron chi connectivity index (χ1n) is 7.53. The molecule has 1 aromatic heterocycles. The third-order valence-corrected chi connectivity index (χ3v) is 3.55. The van der Waals surface area contributed by atoms with Gasteiger partial charge in [0.25, 0.3) is 0 Å². The lowest BCUT2D eigenvalue weighted by molar-refractivity contribution is -0.115. The van der Waals surface area contributed by atoms with E-state index in [-0.39, 0.29) is 18.1 Å². The number of nitrogens with zero attached hydrogens (tertiary/aromatic N) is 1. The van der Waals surface area contributed by atoms with Crippen molar-refractivity contribution in [2.45, 2.75) is 13.3 Å². The number of furan rings is 1. The highest BCUT2D eigenvalue weighted by Gasteiger charge is 2.13. The fraction of sp³-hybridized carbons (Fsp3) is 0.235. The van der Waals surface area contributed by atoms with Gasteiger partial charge in [0.2, 0.25) is 5.91 Å². The third kappa shape index (κ3) is 5.00. The Hall–Kier alpha value is -3.00. The maximum atomic E-state index is 12.2. The van der Waals surface area contributed by atoms with E-state index in [0.29, 0.717) is 27.9 Å². The highest BCUT2D eigenvalue weighted by molar-refractivity contribution is 6.32. The minimum absolute atomic E-state index is 0.0352. The van der Waals surface area contributed by atoms with Crippen LogP contribution < -0.4 is 20.2 Å². The summed E-state index contributed by atoms with van der Waals surface area (Å²) in [6.07, 6.45) is 1.35. The summed E-state index contributed by atoms with van der Waals surface area (Å²) >= 11 is 6.03. The zero-order valence-electron chi connectivity index (χ0n) is 14.5. The topological polar surface area (TPSA) is 102 Å². The maximum Gasteiger partial charge on any atom is 0.307 e. The number of nitrogens with one attached hydrogen (secondary N) is 2. The molecule has 0 fully saturated rings. The van der Waals surface area contributed by atoms with Crippen LogP contribution in [0, 0.1) is 0 Å². The molecule has 1 heterocycles. The SMILES string of the molecule is COc1cc(NC(=O)C/C(C)=N\NC(=O)c2ccco2)c(OC)cc1Cl. The fourth-order valence-corrected chi connectivity index (χ4v) is 2.26. The summed E-state index contributed by atoms with van der Waals surface area (Å²) in [4.78, 5) is 23.9. The van der Waals surface area contributed by atoms with Crippen LogP contribution in [0.4, 0.5) is 5.69 Å². The Morgan fingerprint density at radius 3 is 2.58 bits per heavy atom. The molecule has 0 aliphatic rings. The molecule has 2 aromatic rings. The van der Waals surface area contributed by atoms with Crippen molar-refractivity contribution < 1.29 is 23.5 Å². The first kappa shape index (κ1) is 19.3. The smallest absolute Gasteiger partial charge is 0.307 e. The molecule has 2 amide bonds. The number of carbonyl (C=O) groups is 2. The molecular formula is C17H18ClN3O5. The van der Waals surface area contributed by atoms with Crippen LogP contribution in [0.1, 0.15) is 23.9 Å². The van der Waals surface area contributed by atoms with Gasteiger partial charge in [-0.05, 0) is 19.1 Å². The molecule has 0 aliphatic carbocycles. The van der Waals surface area contributed by atoms with Crippen molar-refractivity contribution in [1.29, 1.82) is 0 Å². The Balaban J connectivity index is 1.99. The summed E-state index contributed by atoms with van der Waals surface area (Å²) in [5.74, 6) is 0.0766. The van der Waals surface area contributed by atoms with Crippen LogP contribution in [-0.4, -0.2) is 31.7 Å². The van der Waals surface area contributed by atoms with Gasteiger partial charge in [-0.15, -0.1) is 0 Å². The zero-order chi connectivity index (χ0) is 19.1. The molecule has 9 heteroatoms. The van der Waals surface area contributed by atoms with Crippen molar-refractivity contribution in [3.05, 3.63) is 41.3 Å². The van der Waals surface area contributed by atoms with Crippen molar-refractivity contribution in [2.75, 3.05) is 19.5 Å². The van der Waals surface area contributed by atoms with Crippen LogP contribution in [0.2, 0.25) is 5.02 Å². The van der Waals surface area contributed by atoms with Gasteiger partial charge >= 0.3 is 5.91 Å². The Bertz CT molecular complexity index is 818. The number of benzene rings is 1. The van der Waals surface area contributed by atoms with E-state index in [1.807, 2.05) is 0 Å². The number of halogens is 1. The lowest BCUT2D eigenvalue weighted by atomic mass is 10.2. The maximum absolute atomic E-state index is 12.2. The lowest BCUT2D eigenvalue weighted by Crippen LogP contribution is -2.21. The third-order valence-electron chi connectivity index (χ3n) is 3.26.